The molecule has 164 valence electrons. The van der Waals surface area contributed by atoms with Crippen molar-refractivity contribution in [3.8, 4) is 0 Å². The van der Waals surface area contributed by atoms with Crippen molar-refractivity contribution in [1.82, 2.24) is 0 Å². The molecule has 0 saturated heterocycles. The molecule has 0 aliphatic heterocycles. The molecule has 0 aromatic heterocycles. The summed E-state index contributed by atoms with van der Waals surface area (Å²) in [7, 11) is -7.46. The maximum atomic E-state index is 12.3. The molecule has 28 heavy (non-hydrogen) atoms. The van der Waals surface area contributed by atoms with Crippen molar-refractivity contribution in [3.63, 3.8) is 0 Å². The molecule has 0 rings (SSSR count). The van der Waals surface area contributed by atoms with E-state index in [0.29, 0.717) is 12.0 Å². The highest BCUT2D eigenvalue weighted by molar-refractivity contribution is 7.28. The van der Waals surface area contributed by atoms with Gasteiger partial charge in [0, 0.05) is 18.9 Å². The minimum absolute atomic E-state index is 0.384. The highest BCUT2D eigenvalue weighted by atomic mass is 29.2. The first-order valence-corrected chi connectivity index (χ1v) is 24.6. The minimum atomic E-state index is -1.74. The highest BCUT2D eigenvalue weighted by Gasteiger charge is 2.40. The highest BCUT2D eigenvalue weighted by Crippen LogP contribution is 2.27. The van der Waals surface area contributed by atoms with Gasteiger partial charge in [-0.1, -0.05) is 26.2 Å². The SMILES string of the molecule is C=C(C)C(=O)OC(C)(CC[Si](O[Si](C)(C)C)O[Si](C)(C)C)O[Si](C)[Si](C)(C)C. The molecule has 0 bridgehead atoms. The van der Waals surface area contributed by atoms with Gasteiger partial charge in [-0.05, 0) is 58.8 Å². The molecular weight excluding hydrogens is 437 g/mol. The van der Waals surface area contributed by atoms with Crippen molar-refractivity contribution in [1.29, 1.82) is 0 Å². The Balaban J connectivity index is 5.46. The Kier molecular flexibility index (Phi) is 10.5. The van der Waals surface area contributed by atoms with Gasteiger partial charge in [0.05, 0.1) is 7.59 Å². The van der Waals surface area contributed by atoms with E-state index < -0.39 is 53.8 Å². The van der Waals surface area contributed by atoms with E-state index in [2.05, 4.69) is 72.0 Å². The fraction of sp³-hybridized carbons (Fsp3) is 0.833. The van der Waals surface area contributed by atoms with Gasteiger partial charge < -0.3 is 17.4 Å². The summed E-state index contributed by atoms with van der Waals surface area (Å²) >= 11 is 0. The lowest BCUT2D eigenvalue weighted by atomic mass is 10.2. The first-order chi connectivity index (χ1) is 12.2. The fourth-order valence-corrected chi connectivity index (χ4v) is 12.2. The van der Waals surface area contributed by atoms with Gasteiger partial charge in [-0.2, -0.15) is 0 Å². The number of esters is 1. The minimum Gasteiger partial charge on any atom is -0.436 e. The monoisotopic (exact) mass is 478 g/mol. The van der Waals surface area contributed by atoms with Crippen LogP contribution < -0.4 is 0 Å². The Labute approximate surface area is 179 Å². The fourth-order valence-electron chi connectivity index (χ4n) is 2.02. The zero-order valence-corrected chi connectivity index (χ0v) is 25.2. The predicted octanol–water partition coefficient (Wildman–Crippen LogP) is 5.46. The summed E-state index contributed by atoms with van der Waals surface area (Å²) in [5.41, 5.74) is 0.384. The van der Waals surface area contributed by atoms with E-state index in [1.807, 2.05) is 6.92 Å². The normalized spacial score (nSPS) is 15.6. The van der Waals surface area contributed by atoms with Gasteiger partial charge in [-0.25, -0.2) is 4.79 Å². The smallest absolute Gasteiger partial charge is 0.362 e. The van der Waals surface area contributed by atoms with Crippen LogP contribution in [0.3, 0.4) is 0 Å². The Hall–Kier alpha value is 0.174. The van der Waals surface area contributed by atoms with Gasteiger partial charge in [0.2, 0.25) is 5.79 Å². The van der Waals surface area contributed by atoms with Crippen LogP contribution in [0.15, 0.2) is 12.2 Å². The Morgan fingerprint density at radius 2 is 1.39 bits per heavy atom. The van der Waals surface area contributed by atoms with Crippen molar-refractivity contribution in [2.75, 3.05) is 0 Å². The van der Waals surface area contributed by atoms with Crippen LogP contribution in [0, 0.1) is 0 Å². The van der Waals surface area contributed by atoms with Gasteiger partial charge >= 0.3 is 15.3 Å². The average Bonchev–Trinajstić information content (AvgIpc) is 2.40. The molecule has 0 spiro atoms. The lowest BCUT2D eigenvalue weighted by molar-refractivity contribution is -0.189. The topological polar surface area (TPSA) is 54.0 Å². The van der Waals surface area contributed by atoms with Crippen LogP contribution in [0.1, 0.15) is 20.3 Å². The van der Waals surface area contributed by atoms with E-state index >= 15 is 0 Å². The Bertz CT molecular complexity index is 520. The van der Waals surface area contributed by atoms with Gasteiger partial charge in [-0.15, -0.1) is 0 Å². The summed E-state index contributed by atoms with van der Waals surface area (Å²) in [5, 5.41) is 0. The van der Waals surface area contributed by atoms with E-state index in [9.17, 15) is 4.79 Å². The molecule has 2 radical (unpaired) electrons. The number of hydrogen-bond donors (Lipinski definition) is 0. The third-order valence-corrected chi connectivity index (χ3v) is 20.6. The molecule has 10 heteroatoms. The molecule has 0 aliphatic rings. The van der Waals surface area contributed by atoms with Crippen LogP contribution in [0.4, 0.5) is 0 Å². The van der Waals surface area contributed by atoms with Crippen LogP contribution in [0.5, 0.6) is 0 Å². The van der Waals surface area contributed by atoms with Crippen molar-refractivity contribution in [2.45, 2.75) is 97.6 Å². The molecule has 0 saturated carbocycles. The van der Waals surface area contributed by atoms with Crippen LogP contribution in [-0.2, 0) is 22.2 Å². The Morgan fingerprint density at radius 1 is 0.964 bits per heavy atom. The summed E-state index contributed by atoms with van der Waals surface area (Å²) in [6, 6.07) is 0.722. The molecular formula is C18H42O5Si5. The standard InChI is InChI=1S/C18H42O5Si5/c1-16(2)17(19)20-18(3,21-24(4)28(11,12)13)14-15-25(22-26(5,6)7)23-27(8,9)10/h1,14-15H2,2-13H3. The third-order valence-electron chi connectivity index (χ3n) is 3.71. The van der Waals surface area contributed by atoms with Crippen LogP contribution in [-0.4, -0.2) is 53.8 Å². The number of hydrogen-bond acceptors (Lipinski definition) is 5. The van der Waals surface area contributed by atoms with Crippen LogP contribution >= 0.6 is 0 Å². The lowest BCUT2D eigenvalue weighted by Crippen LogP contribution is -2.51. The molecule has 0 heterocycles. The molecule has 1 unspecified atom stereocenters. The molecule has 5 nitrogen and oxygen atoms in total. The molecule has 0 fully saturated rings. The molecule has 0 N–H and O–H groups in total. The maximum absolute atomic E-state index is 12.3. The first-order valence-electron chi connectivity index (χ1n) is 9.90. The summed E-state index contributed by atoms with van der Waals surface area (Å²) in [6.07, 6.45) is 0.571. The van der Waals surface area contributed by atoms with Gasteiger partial charge in [-0.3, -0.25) is 0 Å². The number of rotatable bonds is 12. The quantitative estimate of drug-likeness (QED) is 0.161. The van der Waals surface area contributed by atoms with E-state index in [1.165, 1.54) is 0 Å². The molecule has 0 amide bonds. The zero-order valence-electron chi connectivity index (χ0n) is 20.2. The first kappa shape index (κ1) is 28.2. The van der Waals surface area contributed by atoms with E-state index in [-0.39, 0.29) is 0 Å². The Morgan fingerprint density at radius 3 is 1.71 bits per heavy atom. The largest absolute Gasteiger partial charge is 0.436 e. The maximum Gasteiger partial charge on any atom is 0.362 e. The van der Waals surface area contributed by atoms with E-state index in [1.54, 1.807) is 6.92 Å². The van der Waals surface area contributed by atoms with E-state index in [4.69, 9.17) is 17.4 Å². The second kappa shape index (κ2) is 10.5. The second-order valence-electron chi connectivity index (χ2n) is 10.5. The van der Waals surface area contributed by atoms with Crippen molar-refractivity contribution in [2.24, 2.45) is 0 Å². The molecule has 0 aromatic carbocycles. The van der Waals surface area contributed by atoms with Crippen LogP contribution in [0.2, 0.25) is 71.5 Å². The number of carbonyl (C=O) groups excluding carboxylic acids is 1. The van der Waals surface area contributed by atoms with Gasteiger partial charge in [0.1, 0.15) is 0 Å². The summed E-state index contributed by atoms with van der Waals surface area (Å²) in [5.74, 6) is -1.38. The van der Waals surface area contributed by atoms with Crippen molar-refractivity contribution >= 4 is 48.0 Å². The predicted molar refractivity (Wildman–Crippen MR) is 129 cm³/mol. The van der Waals surface area contributed by atoms with Crippen molar-refractivity contribution < 1.29 is 22.2 Å². The summed E-state index contributed by atoms with van der Waals surface area (Å²) in [4.78, 5) is 12.3. The average molecular weight is 479 g/mol. The summed E-state index contributed by atoms with van der Waals surface area (Å²) < 4.78 is 25.0. The second-order valence-corrected chi connectivity index (χ2v) is 34.3. The molecule has 1 atom stereocenters. The van der Waals surface area contributed by atoms with Gasteiger partial charge in [0.25, 0.3) is 0 Å². The number of carbonyl (C=O) groups is 1. The van der Waals surface area contributed by atoms with Crippen LogP contribution in [0.25, 0.3) is 0 Å². The zero-order chi connectivity index (χ0) is 22.6. The molecule has 0 aliphatic carbocycles. The van der Waals surface area contributed by atoms with Crippen molar-refractivity contribution in [3.05, 3.63) is 12.2 Å². The van der Waals surface area contributed by atoms with Gasteiger partial charge in [0.15, 0.2) is 25.2 Å². The third kappa shape index (κ3) is 12.7. The number of ether oxygens (including phenoxy) is 1. The lowest BCUT2D eigenvalue weighted by Gasteiger charge is -2.37. The summed E-state index contributed by atoms with van der Waals surface area (Å²) in [6.45, 7) is 29.4. The van der Waals surface area contributed by atoms with E-state index in [0.717, 1.165) is 6.04 Å². The molecule has 0 aromatic rings.